The first-order valence-corrected chi connectivity index (χ1v) is 5.62. The standard InChI is InChI=1S/C7H17NS2/c1-8(4-3-6-9)5-7-10-2/h9H,3-7H2,1-2H3. The SMILES string of the molecule is CSCCN(C)CCCS. The van der Waals surface area contributed by atoms with Crippen molar-refractivity contribution < 1.29 is 0 Å². The van der Waals surface area contributed by atoms with Gasteiger partial charge in [-0.25, -0.2) is 0 Å². The highest BCUT2D eigenvalue weighted by atomic mass is 32.2. The zero-order chi connectivity index (χ0) is 7.82. The molecule has 0 amide bonds. The zero-order valence-corrected chi connectivity index (χ0v) is 8.55. The Morgan fingerprint density at radius 3 is 2.60 bits per heavy atom. The summed E-state index contributed by atoms with van der Waals surface area (Å²) >= 11 is 6.06. The van der Waals surface area contributed by atoms with E-state index in [0.29, 0.717) is 0 Å². The van der Waals surface area contributed by atoms with Gasteiger partial charge in [-0.3, -0.25) is 0 Å². The van der Waals surface area contributed by atoms with Crippen LogP contribution in [0.15, 0.2) is 0 Å². The molecule has 3 heteroatoms. The van der Waals surface area contributed by atoms with E-state index in [1.54, 1.807) is 0 Å². The summed E-state index contributed by atoms with van der Waals surface area (Å²) < 4.78 is 0. The first-order chi connectivity index (χ1) is 4.81. The first-order valence-electron chi connectivity index (χ1n) is 3.59. The minimum Gasteiger partial charge on any atom is -0.306 e. The first kappa shape index (κ1) is 10.7. The van der Waals surface area contributed by atoms with E-state index in [9.17, 15) is 0 Å². The molecule has 0 saturated carbocycles. The number of hydrogen-bond acceptors (Lipinski definition) is 3. The predicted octanol–water partition coefficient (Wildman–Crippen LogP) is 1.60. The van der Waals surface area contributed by atoms with Gasteiger partial charge in [0, 0.05) is 12.3 Å². The molecule has 62 valence electrons. The topological polar surface area (TPSA) is 3.24 Å². The van der Waals surface area contributed by atoms with Crippen molar-refractivity contribution >= 4 is 24.4 Å². The summed E-state index contributed by atoms with van der Waals surface area (Å²) in [4.78, 5) is 2.35. The van der Waals surface area contributed by atoms with E-state index in [0.717, 1.165) is 5.75 Å². The minimum atomic E-state index is 1.00. The number of nitrogens with zero attached hydrogens (tertiary/aromatic N) is 1. The molecule has 0 unspecified atom stereocenters. The Kier molecular flexibility index (Phi) is 8.28. The van der Waals surface area contributed by atoms with Crippen LogP contribution in [0.3, 0.4) is 0 Å². The Bertz CT molecular complexity index is 60.6. The van der Waals surface area contributed by atoms with Crippen LogP contribution in [0.25, 0.3) is 0 Å². The largest absolute Gasteiger partial charge is 0.306 e. The second kappa shape index (κ2) is 7.76. The van der Waals surface area contributed by atoms with Gasteiger partial charge in [-0.15, -0.1) is 0 Å². The van der Waals surface area contributed by atoms with Crippen molar-refractivity contribution in [3.63, 3.8) is 0 Å². The molecule has 0 aromatic heterocycles. The molecule has 0 saturated heterocycles. The Labute approximate surface area is 74.0 Å². The summed E-state index contributed by atoms with van der Waals surface area (Å²) in [7, 11) is 2.17. The molecular weight excluding hydrogens is 162 g/mol. The molecule has 0 bridgehead atoms. The van der Waals surface area contributed by atoms with Crippen molar-refractivity contribution in [1.29, 1.82) is 0 Å². The maximum absolute atomic E-state index is 4.15. The van der Waals surface area contributed by atoms with Gasteiger partial charge < -0.3 is 4.90 Å². The molecule has 0 aromatic rings. The fourth-order valence-corrected chi connectivity index (χ4v) is 1.34. The predicted molar refractivity (Wildman–Crippen MR) is 54.3 cm³/mol. The van der Waals surface area contributed by atoms with E-state index in [-0.39, 0.29) is 0 Å². The molecule has 0 atom stereocenters. The minimum absolute atomic E-state index is 1.00. The molecule has 0 aliphatic rings. The van der Waals surface area contributed by atoms with Crippen LogP contribution in [0.2, 0.25) is 0 Å². The van der Waals surface area contributed by atoms with Gasteiger partial charge in [0.2, 0.25) is 0 Å². The van der Waals surface area contributed by atoms with Crippen molar-refractivity contribution in [1.82, 2.24) is 4.90 Å². The third kappa shape index (κ3) is 6.78. The summed E-state index contributed by atoms with van der Waals surface area (Å²) in [6.07, 6.45) is 3.35. The molecule has 0 aliphatic heterocycles. The summed E-state index contributed by atoms with van der Waals surface area (Å²) in [6.45, 7) is 2.39. The number of thioether (sulfide) groups is 1. The van der Waals surface area contributed by atoms with Gasteiger partial charge in [0.1, 0.15) is 0 Å². The van der Waals surface area contributed by atoms with E-state index in [4.69, 9.17) is 0 Å². The highest BCUT2D eigenvalue weighted by Crippen LogP contribution is 1.94. The zero-order valence-electron chi connectivity index (χ0n) is 6.84. The van der Waals surface area contributed by atoms with Crippen molar-refractivity contribution in [2.24, 2.45) is 0 Å². The second-order valence-corrected chi connectivity index (χ2v) is 3.81. The lowest BCUT2D eigenvalue weighted by Crippen LogP contribution is -2.22. The van der Waals surface area contributed by atoms with E-state index in [1.165, 1.54) is 25.3 Å². The lowest BCUT2D eigenvalue weighted by Gasteiger charge is -2.14. The molecule has 0 spiro atoms. The van der Waals surface area contributed by atoms with Crippen molar-refractivity contribution in [3.8, 4) is 0 Å². The molecule has 0 fully saturated rings. The van der Waals surface area contributed by atoms with Crippen LogP contribution in [0, 0.1) is 0 Å². The van der Waals surface area contributed by atoms with Crippen molar-refractivity contribution in [3.05, 3.63) is 0 Å². The molecule has 10 heavy (non-hydrogen) atoms. The lowest BCUT2D eigenvalue weighted by atomic mass is 10.4. The van der Waals surface area contributed by atoms with Crippen LogP contribution in [-0.2, 0) is 0 Å². The van der Waals surface area contributed by atoms with Crippen LogP contribution in [0.5, 0.6) is 0 Å². The summed E-state index contributed by atoms with van der Waals surface area (Å²) in [6, 6.07) is 0. The average molecular weight is 179 g/mol. The van der Waals surface area contributed by atoms with Crippen molar-refractivity contribution in [2.75, 3.05) is 37.9 Å². The van der Waals surface area contributed by atoms with Gasteiger partial charge >= 0.3 is 0 Å². The number of thiol groups is 1. The Hall–Kier alpha value is 0.660. The maximum atomic E-state index is 4.15. The smallest absolute Gasteiger partial charge is 0.00692 e. The number of hydrogen-bond donors (Lipinski definition) is 1. The molecule has 1 nitrogen and oxygen atoms in total. The summed E-state index contributed by atoms with van der Waals surface area (Å²) in [5.74, 6) is 2.24. The van der Waals surface area contributed by atoms with Gasteiger partial charge in [0.15, 0.2) is 0 Å². The Morgan fingerprint density at radius 2 is 2.10 bits per heavy atom. The van der Waals surface area contributed by atoms with Crippen LogP contribution in [0.4, 0.5) is 0 Å². The average Bonchev–Trinajstić information content (AvgIpc) is 1.97. The molecule has 0 N–H and O–H groups in total. The van der Waals surface area contributed by atoms with Gasteiger partial charge in [-0.05, 0) is 32.0 Å². The molecule has 0 aromatic carbocycles. The van der Waals surface area contributed by atoms with Crippen LogP contribution >= 0.6 is 24.4 Å². The highest BCUT2D eigenvalue weighted by Gasteiger charge is 1.94. The number of rotatable bonds is 6. The third-order valence-corrected chi connectivity index (χ3v) is 2.28. The third-order valence-electron chi connectivity index (χ3n) is 1.38. The summed E-state index contributed by atoms with van der Waals surface area (Å²) in [5.41, 5.74) is 0. The quantitative estimate of drug-likeness (QED) is 0.617. The van der Waals surface area contributed by atoms with E-state index >= 15 is 0 Å². The Morgan fingerprint density at radius 1 is 1.40 bits per heavy atom. The molecule has 0 radical (unpaired) electrons. The van der Waals surface area contributed by atoms with Crippen LogP contribution < -0.4 is 0 Å². The van der Waals surface area contributed by atoms with Gasteiger partial charge in [0.25, 0.3) is 0 Å². The molecular formula is C7H17NS2. The van der Waals surface area contributed by atoms with Gasteiger partial charge in [0.05, 0.1) is 0 Å². The lowest BCUT2D eigenvalue weighted by molar-refractivity contribution is 0.358. The van der Waals surface area contributed by atoms with Gasteiger partial charge in [-0.2, -0.15) is 24.4 Å². The van der Waals surface area contributed by atoms with Crippen LogP contribution in [-0.4, -0.2) is 42.8 Å². The van der Waals surface area contributed by atoms with E-state index in [1.807, 2.05) is 11.8 Å². The van der Waals surface area contributed by atoms with Crippen LogP contribution in [0.1, 0.15) is 6.42 Å². The Balaban J connectivity index is 3.00. The summed E-state index contributed by atoms with van der Waals surface area (Å²) in [5, 5.41) is 0. The fraction of sp³-hybridized carbons (Fsp3) is 1.00. The van der Waals surface area contributed by atoms with Crippen molar-refractivity contribution in [2.45, 2.75) is 6.42 Å². The van der Waals surface area contributed by atoms with Gasteiger partial charge in [-0.1, -0.05) is 0 Å². The van der Waals surface area contributed by atoms with E-state index < -0.39 is 0 Å². The monoisotopic (exact) mass is 179 g/mol. The maximum Gasteiger partial charge on any atom is 0.00692 e. The molecule has 0 rings (SSSR count). The highest BCUT2D eigenvalue weighted by molar-refractivity contribution is 7.98. The fourth-order valence-electron chi connectivity index (χ4n) is 0.700. The second-order valence-electron chi connectivity index (χ2n) is 2.37. The van der Waals surface area contributed by atoms with E-state index in [2.05, 4.69) is 30.8 Å². The molecule has 0 aliphatic carbocycles. The normalized spacial score (nSPS) is 10.8. The molecule has 0 heterocycles.